The standard InChI is InChI=1S/C19H15N5/c1-13-17-11-23-12-20-18(14-7-3-2-4-8-14)19(23)15-9-5-6-10-16(15)24(17)22-21-13/h2-10,12H,11H2,1H3. The van der Waals surface area contributed by atoms with E-state index in [9.17, 15) is 0 Å². The van der Waals surface area contributed by atoms with E-state index in [1.807, 2.05) is 42.2 Å². The zero-order valence-electron chi connectivity index (χ0n) is 13.2. The van der Waals surface area contributed by atoms with Gasteiger partial charge >= 0.3 is 0 Å². The maximum Gasteiger partial charge on any atom is 0.0964 e. The Kier molecular flexibility index (Phi) is 2.70. The van der Waals surface area contributed by atoms with E-state index in [1.54, 1.807) is 0 Å². The molecule has 3 heterocycles. The zero-order valence-corrected chi connectivity index (χ0v) is 13.2. The van der Waals surface area contributed by atoms with E-state index < -0.39 is 0 Å². The van der Waals surface area contributed by atoms with Gasteiger partial charge in [-0.1, -0.05) is 53.7 Å². The third-order valence-corrected chi connectivity index (χ3v) is 4.55. The van der Waals surface area contributed by atoms with Crippen molar-refractivity contribution in [1.29, 1.82) is 0 Å². The number of fused-ring (bicyclic) bond motifs is 5. The molecule has 116 valence electrons. The molecule has 5 heteroatoms. The lowest BCUT2D eigenvalue weighted by Gasteiger charge is -2.09. The first-order valence-corrected chi connectivity index (χ1v) is 7.94. The van der Waals surface area contributed by atoms with Crippen molar-refractivity contribution in [3.8, 4) is 28.2 Å². The van der Waals surface area contributed by atoms with Crippen molar-refractivity contribution in [2.45, 2.75) is 13.5 Å². The van der Waals surface area contributed by atoms with Gasteiger partial charge in [0.1, 0.15) is 0 Å². The monoisotopic (exact) mass is 313 g/mol. The summed E-state index contributed by atoms with van der Waals surface area (Å²) in [7, 11) is 0. The lowest BCUT2D eigenvalue weighted by atomic mass is 10.0. The fourth-order valence-electron chi connectivity index (χ4n) is 3.36. The summed E-state index contributed by atoms with van der Waals surface area (Å²) in [6.07, 6.45) is 1.91. The number of aromatic nitrogens is 5. The van der Waals surface area contributed by atoms with Gasteiger partial charge < -0.3 is 4.57 Å². The molecule has 4 aromatic rings. The Bertz CT molecular complexity index is 1040. The Hall–Kier alpha value is -3.21. The first-order valence-electron chi connectivity index (χ1n) is 7.94. The van der Waals surface area contributed by atoms with E-state index in [4.69, 9.17) is 4.98 Å². The van der Waals surface area contributed by atoms with Crippen LogP contribution in [0.25, 0.3) is 28.2 Å². The van der Waals surface area contributed by atoms with Crippen LogP contribution in [0.2, 0.25) is 0 Å². The number of imidazole rings is 1. The highest BCUT2D eigenvalue weighted by Crippen LogP contribution is 2.37. The van der Waals surface area contributed by atoms with Gasteiger partial charge in [0.25, 0.3) is 0 Å². The predicted octanol–water partition coefficient (Wildman–Crippen LogP) is 3.47. The molecule has 0 amide bonds. The van der Waals surface area contributed by atoms with Gasteiger partial charge in [-0.25, -0.2) is 9.67 Å². The average molecular weight is 313 g/mol. The Morgan fingerprint density at radius 2 is 1.75 bits per heavy atom. The van der Waals surface area contributed by atoms with Crippen molar-refractivity contribution < 1.29 is 0 Å². The van der Waals surface area contributed by atoms with E-state index in [1.165, 1.54) is 0 Å². The Morgan fingerprint density at radius 1 is 0.958 bits per heavy atom. The van der Waals surface area contributed by atoms with Crippen LogP contribution in [0.1, 0.15) is 11.4 Å². The molecule has 0 unspecified atom stereocenters. The van der Waals surface area contributed by atoms with Gasteiger partial charge in [0.05, 0.1) is 41.3 Å². The molecule has 0 bridgehead atoms. The molecule has 0 fully saturated rings. The summed E-state index contributed by atoms with van der Waals surface area (Å²) in [6.45, 7) is 2.71. The number of para-hydroxylation sites is 1. The van der Waals surface area contributed by atoms with Crippen LogP contribution in [0.15, 0.2) is 60.9 Å². The molecule has 0 N–H and O–H groups in total. The summed E-state index contributed by atoms with van der Waals surface area (Å²) < 4.78 is 4.14. The molecule has 1 aliphatic rings. The summed E-state index contributed by atoms with van der Waals surface area (Å²) in [4.78, 5) is 4.71. The molecule has 5 nitrogen and oxygen atoms in total. The van der Waals surface area contributed by atoms with Gasteiger partial charge in [-0.2, -0.15) is 0 Å². The smallest absolute Gasteiger partial charge is 0.0964 e. The van der Waals surface area contributed by atoms with Crippen molar-refractivity contribution in [3.63, 3.8) is 0 Å². The van der Waals surface area contributed by atoms with Crippen LogP contribution in [0.4, 0.5) is 0 Å². The number of rotatable bonds is 1. The topological polar surface area (TPSA) is 48.5 Å². The van der Waals surface area contributed by atoms with E-state index >= 15 is 0 Å². The largest absolute Gasteiger partial charge is 0.324 e. The number of aryl methyl sites for hydroxylation is 1. The lowest BCUT2D eigenvalue weighted by Crippen LogP contribution is -2.04. The molecular formula is C19H15N5. The number of nitrogens with zero attached hydrogens (tertiary/aromatic N) is 5. The summed E-state index contributed by atoms with van der Waals surface area (Å²) in [5.41, 5.74) is 7.46. The second-order valence-electron chi connectivity index (χ2n) is 5.99. The van der Waals surface area contributed by atoms with Crippen molar-refractivity contribution >= 4 is 0 Å². The van der Waals surface area contributed by atoms with E-state index in [0.717, 1.165) is 39.6 Å². The summed E-state index contributed by atoms with van der Waals surface area (Å²) in [5, 5.41) is 8.61. The lowest BCUT2D eigenvalue weighted by molar-refractivity contribution is 0.724. The minimum absolute atomic E-state index is 0.711. The van der Waals surface area contributed by atoms with Crippen LogP contribution < -0.4 is 0 Å². The molecule has 2 aromatic heterocycles. The second-order valence-corrected chi connectivity index (χ2v) is 5.99. The number of hydrogen-bond acceptors (Lipinski definition) is 3. The van der Waals surface area contributed by atoms with E-state index in [2.05, 4.69) is 45.2 Å². The fourth-order valence-corrected chi connectivity index (χ4v) is 3.36. The molecule has 2 aromatic carbocycles. The van der Waals surface area contributed by atoms with Crippen LogP contribution in [0.3, 0.4) is 0 Å². The van der Waals surface area contributed by atoms with Crippen molar-refractivity contribution in [2.75, 3.05) is 0 Å². The highest BCUT2D eigenvalue weighted by Gasteiger charge is 2.25. The van der Waals surface area contributed by atoms with Gasteiger partial charge in [-0.15, -0.1) is 5.10 Å². The highest BCUT2D eigenvalue weighted by atomic mass is 15.4. The quantitative estimate of drug-likeness (QED) is 0.476. The number of benzene rings is 2. The Balaban J connectivity index is 1.84. The van der Waals surface area contributed by atoms with Gasteiger partial charge in [-0.05, 0) is 13.0 Å². The summed E-state index contributed by atoms with van der Waals surface area (Å²) in [5.74, 6) is 0. The maximum atomic E-state index is 4.71. The van der Waals surface area contributed by atoms with Gasteiger partial charge in [0.2, 0.25) is 0 Å². The van der Waals surface area contributed by atoms with E-state index in [0.29, 0.717) is 6.54 Å². The molecule has 0 atom stereocenters. The van der Waals surface area contributed by atoms with E-state index in [-0.39, 0.29) is 0 Å². The molecule has 0 saturated heterocycles. The van der Waals surface area contributed by atoms with Crippen molar-refractivity contribution in [3.05, 3.63) is 72.3 Å². The predicted molar refractivity (Wildman–Crippen MR) is 91.9 cm³/mol. The fraction of sp³-hybridized carbons (Fsp3) is 0.105. The number of hydrogen-bond donors (Lipinski definition) is 0. The minimum Gasteiger partial charge on any atom is -0.324 e. The zero-order chi connectivity index (χ0) is 16.1. The SMILES string of the molecule is Cc1nnn2c1Cn1cnc(-c3ccccc3)c1-c1ccccc1-2. The minimum atomic E-state index is 0.711. The Morgan fingerprint density at radius 3 is 2.62 bits per heavy atom. The normalized spacial score (nSPS) is 12.2. The maximum absolute atomic E-state index is 4.71. The third kappa shape index (κ3) is 1.78. The van der Waals surface area contributed by atoms with Gasteiger partial charge in [0, 0.05) is 11.1 Å². The van der Waals surface area contributed by atoms with Crippen LogP contribution in [-0.4, -0.2) is 24.5 Å². The highest BCUT2D eigenvalue weighted by molar-refractivity contribution is 5.83. The molecule has 1 aliphatic heterocycles. The van der Waals surface area contributed by atoms with Crippen LogP contribution in [-0.2, 0) is 6.54 Å². The van der Waals surface area contributed by atoms with Crippen LogP contribution in [0, 0.1) is 6.92 Å². The third-order valence-electron chi connectivity index (χ3n) is 4.55. The molecule has 0 spiro atoms. The molecule has 0 saturated carbocycles. The molecular weight excluding hydrogens is 298 g/mol. The molecule has 0 aliphatic carbocycles. The molecule has 0 radical (unpaired) electrons. The van der Waals surface area contributed by atoms with Gasteiger partial charge in [-0.3, -0.25) is 0 Å². The van der Waals surface area contributed by atoms with Gasteiger partial charge in [0.15, 0.2) is 0 Å². The first-order chi connectivity index (χ1) is 11.8. The van der Waals surface area contributed by atoms with Crippen molar-refractivity contribution in [2.24, 2.45) is 0 Å². The molecule has 24 heavy (non-hydrogen) atoms. The second kappa shape index (κ2) is 4.89. The summed E-state index contributed by atoms with van der Waals surface area (Å²) in [6, 6.07) is 18.6. The first kappa shape index (κ1) is 13.2. The van der Waals surface area contributed by atoms with Crippen molar-refractivity contribution in [1.82, 2.24) is 24.5 Å². The molecule has 5 rings (SSSR count). The van der Waals surface area contributed by atoms with Crippen LogP contribution in [0.5, 0.6) is 0 Å². The average Bonchev–Trinajstić information content (AvgIpc) is 3.17. The Labute approximate surface area is 139 Å². The van der Waals surface area contributed by atoms with Crippen LogP contribution >= 0.6 is 0 Å². The summed E-state index contributed by atoms with van der Waals surface area (Å²) >= 11 is 0.